The summed E-state index contributed by atoms with van der Waals surface area (Å²) in [5.74, 6) is 2.47. The van der Waals surface area contributed by atoms with E-state index in [-0.39, 0.29) is 11.9 Å². The van der Waals surface area contributed by atoms with Gasteiger partial charge in [-0.3, -0.25) is 5.32 Å². The third-order valence-corrected chi connectivity index (χ3v) is 4.36. The molecule has 1 N–H and O–H groups in total. The topological polar surface area (TPSA) is 76.6 Å². The zero-order valence-corrected chi connectivity index (χ0v) is 14.7. The molecule has 7 nitrogen and oxygen atoms in total. The number of nitrogens with one attached hydrogen (secondary N) is 1. The molecule has 24 heavy (non-hydrogen) atoms. The molecule has 0 fully saturated rings. The Balaban J connectivity index is 1.70. The summed E-state index contributed by atoms with van der Waals surface area (Å²) in [4.78, 5) is 18.5. The Morgan fingerprint density at radius 2 is 2.29 bits per heavy atom. The van der Waals surface area contributed by atoms with Crippen LogP contribution in [0.1, 0.15) is 31.2 Å². The Kier molecular flexibility index (Phi) is 4.84. The Bertz CT molecular complexity index is 732. The number of aromatic nitrogens is 2. The Labute approximate surface area is 144 Å². The van der Waals surface area contributed by atoms with Crippen molar-refractivity contribution in [3.63, 3.8) is 0 Å². The van der Waals surface area contributed by atoms with Gasteiger partial charge >= 0.3 is 6.03 Å². The van der Waals surface area contributed by atoms with Crippen LogP contribution in [0.25, 0.3) is 0 Å². The smallest absolute Gasteiger partial charge is 0.324 e. The number of hydrogen-bond donors (Lipinski definition) is 1. The number of nitrogens with zero attached hydrogens (tertiary/aromatic N) is 3. The highest BCUT2D eigenvalue weighted by Gasteiger charge is 2.21. The molecule has 0 saturated carbocycles. The fraction of sp³-hybridized carbons (Fsp3) is 0.438. The number of hydrogen-bond acceptors (Lipinski definition) is 6. The van der Waals surface area contributed by atoms with Crippen LogP contribution in [0.15, 0.2) is 18.2 Å². The van der Waals surface area contributed by atoms with E-state index in [0.29, 0.717) is 24.8 Å². The zero-order valence-electron chi connectivity index (χ0n) is 13.9. The third-order valence-electron chi connectivity index (χ3n) is 3.71. The maximum Gasteiger partial charge on any atom is 0.324 e. The van der Waals surface area contributed by atoms with Crippen molar-refractivity contribution >= 4 is 22.7 Å². The SMILES string of the molecule is COc1ccc2c(c1)OCCN(C(=O)Nc1nc(C(C)C)ns1)C2. The molecule has 0 spiro atoms. The first kappa shape index (κ1) is 16.5. The molecular formula is C16H20N4O3S. The van der Waals surface area contributed by atoms with Crippen molar-refractivity contribution in [2.75, 3.05) is 25.6 Å². The van der Waals surface area contributed by atoms with E-state index in [9.17, 15) is 4.79 Å². The summed E-state index contributed by atoms with van der Waals surface area (Å²) < 4.78 is 15.2. The summed E-state index contributed by atoms with van der Waals surface area (Å²) >= 11 is 1.20. The third kappa shape index (κ3) is 3.59. The number of benzene rings is 1. The number of carbonyl (C=O) groups excluding carboxylic acids is 1. The van der Waals surface area contributed by atoms with Gasteiger partial charge in [0.05, 0.1) is 20.2 Å². The number of anilines is 1. The van der Waals surface area contributed by atoms with E-state index in [4.69, 9.17) is 9.47 Å². The van der Waals surface area contributed by atoms with Crippen LogP contribution in [0.2, 0.25) is 0 Å². The first-order chi connectivity index (χ1) is 11.6. The Morgan fingerprint density at radius 1 is 1.46 bits per heavy atom. The summed E-state index contributed by atoms with van der Waals surface area (Å²) in [6, 6.07) is 5.43. The van der Waals surface area contributed by atoms with Gasteiger partial charge in [0.2, 0.25) is 5.13 Å². The fourth-order valence-corrected chi connectivity index (χ4v) is 3.04. The van der Waals surface area contributed by atoms with Gasteiger partial charge in [0.25, 0.3) is 0 Å². The normalized spacial score (nSPS) is 13.9. The second-order valence-electron chi connectivity index (χ2n) is 5.79. The van der Waals surface area contributed by atoms with Crippen LogP contribution in [0, 0.1) is 0 Å². The maximum absolute atomic E-state index is 12.5. The predicted octanol–water partition coefficient (Wildman–Crippen LogP) is 3.10. The molecular weight excluding hydrogens is 328 g/mol. The van der Waals surface area contributed by atoms with Crippen LogP contribution in [-0.4, -0.2) is 40.5 Å². The van der Waals surface area contributed by atoms with Crippen LogP contribution in [0.5, 0.6) is 11.5 Å². The molecule has 0 bridgehead atoms. The van der Waals surface area contributed by atoms with Crippen molar-refractivity contribution in [1.29, 1.82) is 0 Å². The highest BCUT2D eigenvalue weighted by Crippen LogP contribution is 2.28. The molecule has 1 aromatic carbocycles. The van der Waals surface area contributed by atoms with Crippen molar-refractivity contribution in [1.82, 2.24) is 14.3 Å². The number of fused-ring (bicyclic) bond motifs is 1. The van der Waals surface area contributed by atoms with Gasteiger partial charge in [-0.05, 0) is 12.1 Å². The molecule has 1 aliphatic heterocycles. The molecule has 2 heterocycles. The minimum absolute atomic E-state index is 0.200. The lowest BCUT2D eigenvalue weighted by Gasteiger charge is -2.19. The first-order valence-electron chi connectivity index (χ1n) is 7.76. The number of rotatable bonds is 3. The van der Waals surface area contributed by atoms with Gasteiger partial charge in [0, 0.05) is 29.1 Å². The van der Waals surface area contributed by atoms with Gasteiger partial charge in [-0.1, -0.05) is 13.8 Å². The van der Waals surface area contributed by atoms with Gasteiger partial charge in [-0.2, -0.15) is 4.37 Å². The number of urea groups is 1. The predicted molar refractivity (Wildman–Crippen MR) is 91.9 cm³/mol. The van der Waals surface area contributed by atoms with Gasteiger partial charge in [-0.15, -0.1) is 0 Å². The quantitative estimate of drug-likeness (QED) is 0.922. The van der Waals surface area contributed by atoms with E-state index < -0.39 is 0 Å². The Morgan fingerprint density at radius 3 is 3.00 bits per heavy atom. The molecule has 2 aromatic rings. The highest BCUT2D eigenvalue weighted by atomic mass is 32.1. The van der Waals surface area contributed by atoms with Crippen molar-refractivity contribution in [2.45, 2.75) is 26.3 Å². The van der Waals surface area contributed by atoms with Gasteiger partial charge in [0.1, 0.15) is 23.9 Å². The summed E-state index contributed by atoms with van der Waals surface area (Å²) in [6.07, 6.45) is 0. The minimum atomic E-state index is -0.200. The summed E-state index contributed by atoms with van der Waals surface area (Å²) in [5.41, 5.74) is 0.948. The zero-order chi connectivity index (χ0) is 17.1. The van der Waals surface area contributed by atoms with E-state index in [2.05, 4.69) is 14.7 Å². The number of carbonyl (C=O) groups is 1. The van der Waals surface area contributed by atoms with Crippen LogP contribution in [0.3, 0.4) is 0 Å². The number of methoxy groups -OCH3 is 1. The number of ether oxygens (including phenoxy) is 2. The fourth-order valence-electron chi connectivity index (χ4n) is 2.34. The van der Waals surface area contributed by atoms with Gasteiger partial charge < -0.3 is 14.4 Å². The average Bonchev–Trinajstić information content (AvgIpc) is 2.93. The molecule has 0 aliphatic carbocycles. The highest BCUT2D eigenvalue weighted by molar-refractivity contribution is 7.09. The average molecular weight is 348 g/mol. The Hall–Kier alpha value is -2.35. The summed E-state index contributed by atoms with van der Waals surface area (Å²) in [5, 5.41) is 3.34. The summed E-state index contributed by atoms with van der Waals surface area (Å²) in [6.45, 7) is 5.44. The van der Waals surface area contributed by atoms with Crippen LogP contribution in [0.4, 0.5) is 9.93 Å². The van der Waals surface area contributed by atoms with Gasteiger partial charge in [0.15, 0.2) is 0 Å². The lowest BCUT2D eigenvalue weighted by Crippen LogP contribution is -2.36. The molecule has 2 amide bonds. The molecule has 1 aliphatic rings. The van der Waals surface area contributed by atoms with Crippen LogP contribution in [-0.2, 0) is 6.54 Å². The molecule has 0 unspecified atom stereocenters. The lowest BCUT2D eigenvalue weighted by molar-refractivity contribution is 0.200. The molecule has 0 radical (unpaired) electrons. The van der Waals surface area contributed by atoms with Crippen molar-refractivity contribution < 1.29 is 14.3 Å². The molecule has 1 aromatic heterocycles. The van der Waals surface area contributed by atoms with Crippen molar-refractivity contribution in [2.24, 2.45) is 0 Å². The van der Waals surface area contributed by atoms with Crippen LogP contribution >= 0.6 is 11.5 Å². The molecule has 128 valence electrons. The van der Waals surface area contributed by atoms with Crippen molar-refractivity contribution in [3.8, 4) is 11.5 Å². The molecule has 0 atom stereocenters. The van der Waals surface area contributed by atoms with Crippen LogP contribution < -0.4 is 14.8 Å². The van der Waals surface area contributed by atoms with E-state index in [1.165, 1.54) is 11.5 Å². The van der Waals surface area contributed by atoms with E-state index in [1.807, 2.05) is 32.0 Å². The second-order valence-corrected chi connectivity index (χ2v) is 6.54. The lowest BCUT2D eigenvalue weighted by atomic mass is 10.2. The minimum Gasteiger partial charge on any atom is -0.497 e. The van der Waals surface area contributed by atoms with Crippen molar-refractivity contribution in [3.05, 3.63) is 29.6 Å². The van der Waals surface area contributed by atoms with Gasteiger partial charge in [-0.25, -0.2) is 9.78 Å². The van der Waals surface area contributed by atoms with E-state index in [0.717, 1.165) is 22.9 Å². The standard InChI is InChI=1S/C16H20N4O3S/c1-10(2)14-17-15(24-19-14)18-16(21)20-6-7-23-13-8-12(22-3)5-4-11(13)9-20/h4-5,8,10H,6-7,9H2,1-3H3,(H,17,18,19,21). The second kappa shape index (κ2) is 7.04. The van der Waals surface area contributed by atoms with E-state index >= 15 is 0 Å². The molecule has 8 heteroatoms. The van der Waals surface area contributed by atoms with E-state index in [1.54, 1.807) is 12.0 Å². The molecule has 0 saturated heterocycles. The largest absolute Gasteiger partial charge is 0.497 e. The monoisotopic (exact) mass is 348 g/mol. The summed E-state index contributed by atoms with van der Waals surface area (Å²) in [7, 11) is 1.62. The maximum atomic E-state index is 12.5. The number of amides is 2. The first-order valence-corrected chi connectivity index (χ1v) is 8.53. The molecule has 3 rings (SSSR count).